The highest BCUT2D eigenvalue weighted by Crippen LogP contribution is 2.49. The minimum atomic E-state index is -0.0186. The molecule has 5 rings (SSSR count). The lowest BCUT2D eigenvalue weighted by atomic mass is 9.86. The summed E-state index contributed by atoms with van der Waals surface area (Å²) in [5.74, 6) is 3.55. The topological polar surface area (TPSA) is 58.6 Å². The molecule has 0 spiro atoms. The smallest absolute Gasteiger partial charge is 0.251 e. The van der Waals surface area contributed by atoms with Gasteiger partial charge in [-0.15, -0.1) is 0 Å². The van der Waals surface area contributed by atoms with E-state index in [1.165, 1.54) is 25.7 Å². The Hall–Kier alpha value is -2.82. The van der Waals surface area contributed by atoms with Gasteiger partial charge in [0.2, 0.25) is 5.91 Å². The number of benzene rings is 2. The standard InChI is InChI=1S/C29H36N2O3/c32-28(19-21-5-2-1-3-6-21)31-15-12-26(13-16-31)34-27-8-4-7-25(20-27)29(33)30-14-11-24-18-22-9-10-23(24)17-22/h1-8,20,22-24,26H,9-19H2,(H,30,33). The largest absolute Gasteiger partial charge is 0.490 e. The molecule has 3 fully saturated rings. The lowest BCUT2D eigenvalue weighted by Gasteiger charge is -2.32. The summed E-state index contributed by atoms with van der Waals surface area (Å²) in [4.78, 5) is 27.2. The summed E-state index contributed by atoms with van der Waals surface area (Å²) in [5, 5.41) is 3.12. The zero-order chi connectivity index (χ0) is 23.3. The molecule has 3 aliphatic rings. The Morgan fingerprint density at radius 2 is 1.76 bits per heavy atom. The molecular weight excluding hydrogens is 424 g/mol. The van der Waals surface area contributed by atoms with Crippen LogP contribution in [-0.4, -0.2) is 42.5 Å². The molecule has 1 saturated heterocycles. The number of ether oxygens (including phenoxy) is 1. The molecule has 5 nitrogen and oxygen atoms in total. The maximum atomic E-state index is 12.7. The van der Waals surface area contributed by atoms with Crippen molar-refractivity contribution in [3.05, 3.63) is 65.7 Å². The van der Waals surface area contributed by atoms with E-state index < -0.39 is 0 Å². The Morgan fingerprint density at radius 3 is 2.50 bits per heavy atom. The predicted octanol–water partition coefficient (Wildman–Crippen LogP) is 4.86. The number of amides is 2. The maximum absolute atomic E-state index is 12.7. The zero-order valence-electron chi connectivity index (χ0n) is 20.0. The van der Waals surface area contributed by atoms with Crippen LogP contribution in [0.2, 0.25) is 0 Å². The van der Waals surface area contributed by atoms with Gasteiger partial charge in [-0.05, 0) is 67.2 Å². The molecule has 5 heteroatoms. The van der Waals surface area contributed by atoms with Crippen molar-refractivity contribution in [3.8, 4) is 5.75 Å². The third-order valence-corrected chi connectivity index (χ3v) is 8.08. The number of carbonyl (C=O) groups excluding carboxylic acids is 2. The molecule has 1 heterocycles. The second-order valence-corrected chi connectivity index (χ2v) is 10.4. The van der Waals surface area contributed by atoms with Gasteiger partial charge in [-0.25, -0.2) is 0 Å². The molecule has 2 amide bonds. The molecular formula is C29H36N2O3. The van der Waals surface area contributed by atoms with Gasteiger partial charge < -0.3 is 15.0 Å². The number of hydrogen-bond acceptors (Lipinski definition) is 3. The van der Waals surface area contributed by atoms with Gasteiger partial charge in [-0.2, -0.15) is 0 Å². The molecule has 3 unspecified atom stereocenters. The second kappa shape index (κ2) is 10.6. The van der Waals surface area contributed by atoms with Gasteiger partial charge in [-0.1, -0.05) is 42.8 Å². The van der Waals surface area contributed by atoms with Crippen LogP contribution in [0, 0.1) is 17.8 Å². The first-order valence-electron chi connectivity index (χ1n) is 13.0. The van der Waals surface area contributed by atoms with Crippen LogP contribution in [-0.2, 0) is 11.2 Å². The molecule has 1 aliphatic heterocycles. The molecule has 2 bridgehead atoms. The van der Waals surface area contributed by atoms with Crippen molar-refractivity contribution in [1.82, 2.24) is 10.2 Å². The van der Waals surface area contributed by atoms with E-state index in [-0.39, 0.29) is 17.9 Å². The number of hydrogen-bond donors (Lipinski definition) is 1. The first kappa shape index (κ1) is 22.9. The Kier molecular flexibility index (Phi) is 7.17. The van der Waals surface area contributed by atoms with E-state index in [1.54, 1.807) is 0 Å². The van der Waals surface area contributed by atoms with Crippen molar-refractivity contribution in [1.29, 1.82) is 0 Å². The summed E-state index contributed by atoms with van der Waals surface area (Å²) in [6.45, 7) is 2.17. The third-order valence-electron chi connectivity index (χ3n) is 8.08. The first-order chi connectivity index (χ1) is 16.6. The van der Waals surface area contributed by atoms with Crippen molar-refractivity contribution in [2.45, 2.75) is 57.5 Å². The van der Waals surface area contributed by atoms with E-state index in [0.717, 1.165) is 54.9 Å². The first-order valence-corrected chi connectivity index (χ1v) is 13.0. The highest BCUT2D eigenvalue weighted by atomic mass is 16.5. The van der Waals surface area contributed by atoms with Crippen LogP contribution < -0.4 is 10.1 Å². The van der Waals surface area contributed by atoms with Crippen LogP contribution in [0.5, 0.6) is 5.75 Å². The van der Waals surface area contributed by atoms with E-state index in [4.69, 9.17) is 4.74 Å². The van der Waals surface area contributed by atoms with Crippen LogP contribution >= 0.6 is 0 Å². The average Bonchev–Trinajstić information content (AvgIpc) is 3.49. The van der Waals surface area contributed by atoms with Crippen LogP contribution in [0.1, 0.15) is 60.9 Å². The van der Waals surface area contributed by atoms with Crippen LogP contribution in [0.15, 0.2) is 54.6 Å². The molecule has 0 aromatic heterocycles. The van der Waals surface area contributed by atoms with Crippen molar-refractivity contribution < 1.29 is 14.3 Å². The quantitative estimate of drug-likeness (QED) is 0.612. The van der Waals surface area contributed by atoms with Gasteiger partial charge in [0.15, 0.2) is 0 Å². The molecule has 180 valence electrons. The fourth-order valence-corrected chi connectivity index (χ4v) is 6.21. The second-order valence-electron chi connectivity index (χ2n) is 10.4. The van der Waals surface area contributed by atoms with E-state index in [2.05, 4.69) is 5.32 Å². The Morgan fingerprint density at radius 1 is 0.941 bits per heavy atom. The Labute approximate surface area is 202 Å². The van der Waals surface area contributed by atoms with Gasteiger partial charge in [0.1, 0.15) is 11.9 Å². The average molecular weight is 461 g/mol. The van der Waals surface area contributed by atoms with Gasteiger partial charge in [0.25, 0.3) is 5.91 Å². The fraction of sp³-hybridized carbons (Fsp3) is 0.517. The van der Waals surface area contributed by atoms with Gasteiger partial charge >= 0.3 is 0 Å². The molecule has 2 aliphatic carbocycles. The summed E-state index contributed by atoms with van der Waals surface area (Å²) in [6, 6.07) is 17.4. The van der Waals surface area contributed by atoms with Crippen LogP contribution in [0.3, 0.4) is 0 Å². The Bertz CT molecular complexity index is 984. The zero-order valence-corrected chi connectivity index (χ0v) is 20.0. The minimum Gasteiger partial charge on any atom is -0.490 e. The number of carbonyl (C=O) groups is 2. The maximum Gasteiger partial charge on any atom is 0.251 e. The number of likely N-dealkylation sites (tertiary alicyclic amines) is 1. The van der Waals surface area contributed by atoms with Crippen molar-refractivity contribution in [3.63, 3.8) is 0 Å². The fourth-order valence-electron chi connectivity index (χ4n) is 6.21. The predicted molar refractivity (Wildman–Crippen MR) is 133 cm³/mol. The summed E-state index contributed by atoms with van der Waals surface area (Å²) in [6.07, 6.45) is 8.82. The molecule has 0 radical (unpaired) electrons. The SMILES string of the molecule is O=C(NCCC1CC2CCC1C2)c1cccc(OC2CCN(C(=O)Cc3ccccc3)CC2)c1. The van der Waals surface area contributed by atoms with Crippen molar-refractivity contribution >= 4 is 11.8 Å². The summed E-state index contributed by atoms with van der Waals surface area (Å²) < 4.78 is 6.19. The normalized spacial score (nSPS) is 24.2. The number of fused-ring (bicyclic) bond motifs is 2. The summed E-state index contributed by atoms with van der Waals surface area (Å²) >= 11 is 0. The highest BCUT2D eigenvalue weighted by Gasteiger charge is 2.38. The number of piperidine rings is 1. The molecule has 2 aromatic carbocycles. The van der Waals surface area contributed by atoms with E-state index in [0.29, 0.717) is 25.1 Å². The lowest BCUT2D eigenvalue weighted by molar-refractivity contribution is -0.132. The highest BCUT2D eigenvalue weighted by molar-refractivity contribution is 5.94. The monoisotopic (exact) mass is 460 g/mol. The van der Waals surface area contributed by atoms with Crippen LogP contribution in [0.25, 0.3) is 0 Å². The van der Waals surface area contributed by atoms with Gasteiger partial charge in [-0.3, -0.25) is 9.59 Å². The lowest BCUT2D eigenvalue weighted by Crippen LogP contribution is -2.42. The third kappa shape index (κ3) is 5.63. The number of nitrogens with zero attached hydrogens (tertiary/aromatic N) is 1. The summed E-state index contributed by atoms with van der Waals surface area (Å²) in [5.41, 5.74) is 1.71. The Balaban J connectivity index is 1.06. The molecule has 2 aromatic rings. The van der Waals surface area contributed by atoms with E-state index in [9.17, 15) is 9.59 Å². The summed E-state index contributed by atoms with van der Waals surface area (Å²) in [7, 11) is 0. The van der Waals surface area contributed by atoms with Gasteiger partial charge in [0.05, 0.1) is 6.42 Å². The molecule has 3 atom stereocenters. The molecule has 34 heavy (non-hydrogen) atoms. The van der Waals surface area contributed by atoms with E-state index in [1.807, 2.05) is 59.5 Å². The molecule has 2 saturated carbocycles. The van der Waals surface area contributed by atoms with Crippen molar-refractivity contribution in [2.24, 2.45) is 17.8 Å². The number of rotatable bonds is 8. The molecule has 1 N–H and O–H groups in total. The van der Waals surface area contributed by atoms with E-state index >= 15 is 0 Å². The van der Waals surface area contributed by atoms with Crippen molar-refractivity contribution in [2.75, 3.05) is 19.6 Å². The van der Waals surface area contributed by atoms with Crippen LogP contribution in [0.4, 0.5) is 0 Å². The number of nitrogens with one attached hydrogen (secondary N) is 1. The minimum absolute atomic E-state index is 0.0186. The van der Waals surface area contributed by atoms with Gasteiger partial charge in [0, 0.05) is 38.0 Å².